The van der Waals surface area contributed by atoms with E-state index in [0.717, 1.165) is 0 Å². The van der Waals surface area contributed by atoms with Crippen molar-refractivity contribution in [2.45, 2.75) is 19.8 Å². The Morgan fingerprint density at radius 3 is 2.79 bits per heavy atom. The molecule has 0 aliphatic rings. The van der Waals surface area contributed by atoms with Gasteiger partial charge in [-0.3, -0.25) is 4.79 Å². The molecule has 0 aromatic heterocycles. The molecule has 0 saturated carbocycles. The van der Waals surface area contributed by atoms with Crippen LogP contribution in [0.1, 0.15) is 30.1 Å². The molecule has 1 aromatic rings. The van der Waals surface area contributed by atoms with Gasteiger partial charge in [-0.15, -0.1) is 0 Å². The number of carboxylic acids is 1. The summed E-state index contributed by atoms with van der Waals surface area (Å²) in [6.45, 7) is 3.08. The van der Waals surface area contributed by atoms with Crippen LogP contribution in [0.4, 0.5) is 5.69 Å². The number of anilines is 1. The molecule has 0 unspecified atom stereocenters. The smallest absolute Gasteiger partial charge is 0.336 e. The van der Waals surface area contributed by atoms with Crippen molar-refractivity contribution in [3.8, 4) is 0 Å². The Hall–Kier alpha value is -1.40. The van der Waals surface area contributed by atoms with E-state index in [1.165, 1.54) is 6.07 Å². The number of hydrogen-bond acceptors (Lipinski definition) is 3. The Morgan fingerprint density at radius 2 is 2.16 bits per heavy atom. The lowest BCUT2D eigenvalue weighted by molar-refractivity contribution is -0.116. The van der Waals surface area contributed by atoms with Gasteiger partial charge in [-0.2, -0.15) is 0 Å². The number of amides is 1. The van der Waals surface area contributed by atoms with Gasteiger partial charge in [0.25, 0.3) is 0 Å². The number of nitrogens with one attached hydrogen (secondary N) is 1. The van der Waals surface area contributed by atoms with Gasteiger partial charge >= 0.3 is 5.97 Å². The second-order valence-corrected chi connectivity index (χ2v) is 4.70. The molecule has 0 fully saturated rings. The van der Waals surface area contributed by atoms with Crippen LogP contribution in [0.15, 0.2) is 22.7 Å². The van der Waals surface area contributed by atoms with E-state index in [9.17, 15) is 9.59 Å². The Bertz CT molecular complexity index is 462. The number of carbonyl (C=O) groups is 2. The minimum Gasteiger partial charge on any atom is -0.478 e. The maximum Gasteiger partial charge on any atom is 0.336 e. The van der Waals surface area contributed by atoms with Gasteiger partial charge < -0.3 is 15.2 Å². The van der Waals surface area contributed by atoms with Crippen LogP contribution in [0, 0.1) is 0 Å². The molecule has 104 valence electrons. The zero-order valence-electron chi connectivity index (χ0n) is 10.6. The first-order chi connectivity index (χ1) is 9.04. The number of ether oxygens (including phenoxy) is 1. The molecule has 0 spiro atoms. The highest BCUT2D eigenvalue weighted by molar-refractivity contribution is 9.10. The highest BCUT2D eigenvalue weighted by Gasteiger charge is 2.10. The third kappa shape index (κ3) is 5.40. The number of halogens is 1. The number of hydrogen-bond donors (Lipinski definition) is 2. The summed E-state index contributed by atoms with van der Waals surface area (Å²) in [5.41, 5.74) is 0.592. The molecule has 1 aromatic carbocycles. The molecule has 1 amide bonds. The monoisotopic (exact) mass is 329 g/mol. The third-order valence-electron chi connectivity index (χ3n) is 2.38. The Morgan fingerprint density at radius 1 is 1.42 bits per heavy atom. The summed E-state index contributed by atoms with van der Waals surface area (Å²) in [6, 6.07) is 4.67. The van der Waals surface area contributed by atoms with Gasteiger partial charge in [0.15, 0.2) is 0 Å². The van der Waals surface area contributed by atoms with Gasteiger partial charge in [0.05, 0.1) is 5.56 Å². The van der Waals surface area contributed by atoms with Crippen LogP contribution in [0.2, 0.25) is 0 Å². The Labute approximate surface area is 120 Å². The average Bonchev–Trinajstić information content (AvgIpc) is 2.36. The minimum absolute atomic E-state index is 0.118. The van der Waals surface area contributed by atoms with Gasteiger partial charge in [0.2, 0.25) is 5.91 Å². The molecule has 6 heteroatoms. The normalized spacial score (nSPS) is 10.2. The Kier molecular flexibility index (Phi) is 6.52. The van der Waals surface area contributed by atoms with Crippen molar-refractivity contribution in [3.05, 3.63) is 28.2 Å². The van der Waals surface area contributed by atoms with Crippen LogP contribution >= 0.6 is 15.9 Å². The van der Waals surface area contributed by atoms with Crippen molar-refractivity contribution >= 4 is 33.5 Å². The summed E-state index contributed by atoms with van der Waals surface area (Å²) >= 11 is 3.15. The summed E-state index contributed by atoms with van der Waals surface area (Å²) in [7, 11) is 0. The van der Waals surface area contributed by atoms with Crippen molar-refractivity contribution in [2.24, 2.45) is 0 Å². The van der Waals surface area contributed by atoms with Gasteiger partial charge in [0.1, 0.15) is 0 Å². The summed E-state index contributed by atoms with van der Waals surface area (Å²) < 4.78 is 5.62. The molecule has 0 heterocycles. The second kappa shape index (κ2) is 7.91. The average molecular weight is 330 g/mol. The van der Waals surface area contributed by atoms with E-state index in [4.69, 9.17) is 9.84 Å². The molecular formula is C13H16BrNO4. The topological polar surface area (TPSA) is 75.6 Å². The van der Waals surface area contributed by atoms with Crippen LogP contribution in [-0.4, -0.2) is 30.2 Å². The molecular weight excluding hydrogens is 314 g/mol. The van der Waals surface area contributed by atoms with E-state index in [1.807, 2.05) is 6.92 Å². The highest BCUT2D eigenvalue weighted by atomic mass is 79.9. The van der Waals surface area contributed by atoms with Crippen molar-refractivity contribution in [2.75, 3.05) is 18.5 Å². The van der Waals surface area contributed by atoms with Crippen LogP contribution in [0.3, 0.4) is 0 Å². The van der Waals surface area contributed by atoms with Crippen molar-refractivity contribution in [3.63, 3.8) is 0 Å². The molecule has 1 rings (SSSR count). The molecule has 2 N–H and O–H groups in total. The predicted octanol–water partition coefficient (Wildman–Crippen LogP) is 2.90. The van der Waals surface area contributed by atoms with E-state index in [2.05, 4.69) is 21.2 Å². The summed E-state index contributed by atoms with van der Waals surface area (Å²) in [4.78, 5) is 22.6. The first-order valence-electron chi connectivity index (χ1n) is 5.95. The second-order valence-electron chi connectivity index (χ2n) is 3.85. The van der Waals surface area contributed by atoms with Gasteiger partial charge in [0, 0.05) is 29.8 Å². The standard InChI is InChI=1S/C13H16BrNO4/c1-2-19-7-3-4-12(16)15-9-5-6-11(14)10(8-9)13(17)18/h5-6,8H,2-4,7H2,1H3,(H,15,16)(H,17,18). The molecule has 19 heavy (non-hydrogen) atoms. The lowest BCUT2D eigenvalue weighted by Crippen LogP contribution is -2.13. The van der Waals surface area contributed by atoms with Gasteiger partial charge in [-0.05, 0) is 47.5 Å². The zero-order chi connectivity index (χ0) is 14.3. The number of benzene rings is 1. The molecule has 0 aliphatic carbocycles. The maximum absolute atomic E-state index is 11.6. The highest BCUT2D eigenvalue weighted by Crippen LogP contribution is 2.21. The summed E-state index contributed by atoms with van der Waals surface area (Å²) in [5.74, 6) is -1.20. The van der Waals surface area contributed by atoms with E-state index in [-0.39, 0.29) is 11.5 Å². The molecule has 5 nitrogen and oxygen atoms in total. The largest absolute Gasteiger partial charge is 0.478 e. The first-order valence-corrected chi connectivity index (χ1v) is 6.74. The lowest BCUT2D eigenvalue weighted by Gasteiger charge is -2.07. The number of carbonyl (C=O) groups excluding carboxylic acids is 1. The van der Waals surface area contributed by atoms with Crippen LogP contribution in [0.5, 0.6) is 0 Å². The van der Waals surface area contributed by atoms with Crippen LogP contribution in [-0.2, 0) is 9.53 Å². The van der Waals surface area contributed by atoms with E-state index in [0.29, 0.717) is 36.2 Å². The van der Waals surface area contributed by atoms with Crippen molar-refractivity contribution < 1.29 is 19.4 Å². The summed E-state index contributed by atoms with van der Waals surface area (Å²) in [5, 5.41) is 11.6. The zero-order valence-corrected chi connectivity index (χ0v) is 12.2. The Balaban J connectivity index is 2.55. The first kappa shape index (κ1) is 15.7. The maximum atomic E-state index is 11.6. The minimum atomic E-state index is -1.04. The van der Waals surface area contributed by atoms with E-state index >= 15 is 0 Å². The fourth-order valence-electron chi connectivity index (χ4n) is 1.47. The van der Waals surface area contributed by atoms with Gasteiger partial charge in [-0.25, -0.2) is 4.79 Å². The molecule has 0 aliphatic heterocycles. The fourth-order valence-corrected chi connectivity index (χ4v) is 1.89. The summed E-state index contributed by atoms with van der Waals surface area (Å²) in [6.07, 6.45) is 0.987. The number of rotatable bonds is 7. The molecule has 0 atom stereocenters. The quantitative estimate of drug-likeness (QED) is 0.754. The number of carboxylic acid groups (broad SMARTS) is 1. The molecule has 0 radical (unpaired) electrons. The fraction of sp³-hybridized carbons (Fsp3) is 0.385. The number of aromatic carboxylic acids is 1. The van der Waals surface area contributed by atoms with E-state index in [1.54, 1.807) is 12.1 Å². The molecule has 0 bridgehead atoms. The molecule has 0 saturated heterocycles. The van der Waals surface area contributed by atoms with Crippen molar-refractivity contribution in [1.82, 2.24) is 0 Å². The van der Waals surface area contributed by atoms with Crippen LogP contribution in [0.25, 0.3) is 0 Å². The predicted molar refractivity (Wildman–Crippen MR) is 75.5 cm³/mol. The van der Waals surface area contributed by atoms with Crippen molar-refractivity contribution in [1.29, 1.82) is 0 Å². The lowest BCUT2D eigenvalue weighted by atomic mass is 10.2. The van der Waals surface area contributed by atoms with Crippen LogP contribution < -0.4 is 5.32 Å². The SMILES string of the molecule is CCOCCCC(=O)Nc1ccc(Br)c(C(=O)O)c1. The third-order valence-corrected chi connectivity index (χ3v) is 3.07. The van der Waals surface area contributed by atoms with E-state index < -0.39 is 5.97 Å². The van der Waals surface area contributed by atoms with Gasteiger partial charge in [-0.1, -0.05) is 0 Å².